The standard InChI is InChI=1S/C26H32N2O3/c1-18-16-25(28(19(2)29)21-11-5-4-6-12-21)23-14-7-8-15-24(23)27(18)26(30)20-10-9-13-22(17-20)31-3/h7-10,13-15,17-18,21,25H,4-6,11-12,16H2,1-3H3/t18-,25+/m1/s1. The lowest BCUT2D eigenvalue weighted by Crippen LogP contribution is -2.50. The number of carbonyl (C=O) groups is 2. The van der Waals surface area contributed by atoms with Gasteiger partial charge in [0.1, 0.15) is 5.75 Å². The Bertz CT molecular complexity index is 951. The van der Waals surface area contributed by atoms with Crippen LogP contribution in [0.3, 0.4) is 0 Å². The monoisotopic (exact) mass is 420 g/mol. The molecule has 2 atom stereocenters. The largest absolute Gasteiger partial charge is 0.497 e. The summed E-state index contributed by atoms with van der Waals surface area (Å²) in [6, 6.07) is 15.6. The lowest BCUT2D eigenvalue weighted by atomic mass is 9.86. The molecule has 2 aromatic carbocycles. The van der Waals surface area contributed by atoms with Crippen LogP contribution in [0.1, 0.15) is 74.3 Å². The number of benzene rings is 2. The van der Waals surface area contributed by atoms with E-state index in [9.17, 15) is 9.59 Å². The Balaban J connectivity index is 1.72. The Hall–Kier alpha value is -2.82. The van der Waals surface area contributed by atoms with Crippen molar-refractivity contribution < 1.29 is 14.3 Å². The topological polar surface area (TPSA) is 49.9 Å². The average Bonchev–Trinajstić information content (AvgIpc) is 2.79. The van der Waals surface area contributed by atoms with Gasteiger partial charge in [-0.3, -0.25) is 9.59 Å². The molecule has 1 fully saturated rings. The number of rotatable bonds is 4. The molecule has 1 saturated carbocycles. The second-order valence-corrected chi connectivity index (χ2v) is 8.78. The van der Waals surface area contributed by atoms with Crippen LogP contribution in [-0.2, 0) is 4.79 Å². The number of amides is 2. The van der Waals surface area contributed by atoms with Gasteiger partial charge in [-0.25, -0.2) is 0 Å². The first kappa shape index (κ1) is 21.4. The maximum Gasteiger partial charge on any atom is 0.258 e. The van der Waals surface area contributed by atoms with Gasteiger partial charge in [0, 0.05) is 30.3 Å². The smallest absolute Gasteiger partial charge is 0.258 e. The molecule has 1 heterocycles. The summed E-state index contributed by atoms with van der Waals surface area (Å²) in [6.07, 6.45) is 6.49. The SMILES string of the molecule is COc1cccc(C(=O)N2c3ccccc3[C@@H](N(C(C)=O)C3CCCCC3)C[C@H]2C)c1. The molecule has 0 unspecified atom stereocenters. The van der Waals surface area contributed by atoms with Gasteiger partial charge in [-0.2, -0.15) is 0 Å². The van der Waals surface area contributed by atoms with Crippen LogP contribution in [0.2, 0.25) is 0 Å². The van der Waals surface area contributed by atoms with Crippen molar-refractivity contribution in [1.82, 2.24) is 4.90 Å². The maximum absolute atomic E-state index is 13.5. The molecule has 0 bridgehead atoms. The van der Waals surface area contributed by atoms with Crippen molar-refractivity contribution in [3.63, 3.8) is 0 Å². The number of carbonyl (C=O) groups excluding carboxylic acids is 2. The van der Waals surface area contributed by atoms with Crippen molar-refractivity contribution in [3.8, 4) is 5.75 Å². The predicted molar refractivity (Wildman–Crippen MR) is 122 cm³/mol. The number of hydrogen-bond acceptors (Lipinski definition) is 3. The normalized spacial score (nSPS) is 21.3. The number of ether oxygens (including phenoxy) is 1. The predicted octanol–water partition coefficient (Wildman–Crippen LogP) is 5.36. The molecule has 0 radical (unpaired) electrons. The Kier molecular flexibility index (Phi) is 6.30. The van der Waals surface area contributed by atoms with Gasteiger partial charge in [0.15, 0.2) is 0 Å². The van der Waals surface area contributed by atoms with Crippen molar-refractivity contribution in [3.05, 3.63) is 59.7 Å². The molecule has 2 aliphatic rings. The first-order valence-electron chi connectivity index (χ1n) is 11.4. The summed E-state index contributed by atoms with van der Waals surface area (Å²) in [5, 5.41) is 0. The van der Waals surface area contributed by atoms with E-state index in [1.165, 1.54) is 19.3 Å². The van der Waals surface area contributed by atoms with Crippen LogP contribution in [0.15, 0.2) is 48.5 Å². The second kappa shape index (κ2) is 9.13. The van der Waals surface area contributed by atoms with E-state index in [0.29, 0.717) is 11.3 Å². The summed E-state index contributed by atoms with van der Waals surface area (Å²) in [5.41, 5.74) is 2.58. The average molecular weight is 421 g/mol. The molecule has 2 aromatic rings. The minimum atomic E-state index is -0.0376. The second-order valence-electron chi connectivity index (χ2n) is 8.78. The lowest BCUT2D eigenvalue weighted by Gasteiger charge is -2.46. The zero-order chi connectivity index (χ0) is 22.0. The first-order chi connectivity index (χ1) is 15.0. The first-order valence-corrected chi connectivity index (χ1v) is 11.4. The molecule has 4 rings (SSSR count). The van der Waals surface area contributed by atoms with Crippen LogP contribution >= 0.6 is 0 Å². The van der Waals surface area contributed by atoms with Gasteiger partial charge in [0.25, 0.3) is 5.91 Å². The molecule has 0 saturated heterocycles. The molecule has 2 amide bonds. The fraction of sp³-hybridized carbons (Fsp3) is 0.462. The number of nitrogens with zero attached hydrogens (tertiary/aromatic N) is 2. The molecule has 31 heavy (non-hydrogen) atoms. The van der Waals surface area contributed by atoms with E-state index in [1.54, 1.807) is 20.1 Å². The Morgan fingerprint density at radius 1 is 1.03 bits per heavy atom. The van der Waals surface area contributed by atoms with E-state index in [-0.39, 0.29) is 29.9 Å². The summed E-state index contributed by atoms with van der Waals surface area (Å²) in [7, 11) is 1.61. The van der Waals surface area contributed by atoms with Crippen molar-refractivity contribution in [2.75, 3.05) is 12.0 Å². The Morgan fingerprint density at radius 3 is 2.48 bits per heavy atom. The van der Waals surface area contributed by atoms with Crippen LogP contribution in [0.5, 0.6) is 5.75 Å². The molecule has 0 N–H and O–H groups in total. The maximum atomic E-state index is 13.5. The van der Waals surface area contributed by atoms with Crippen LogP contribution in [0.25, 0.3) is 0 Å². The molecule has 1 aliphatic carbocycles. The quantitative estimate of drug-likeness (QED) is 0.669. The molecule has 0 aromatic heterocycles. The van der Waals surface area contributed by atoms with E-state index in [4.69, 9.17) is 4.74 Å². The van der Waals surface area contributed by atoms with Gasteiger partial charge in [-0.1, -0.05) is 43.5 Å². The van der Waals surface area contributed by atoms with Crippen molar-refractivity contribution >= 4 is 17.5 Å². The fourth-order valence-corrected chi connectivity index (χ4v) is 5.34. The minimum Gasteiger partial charge on any atom is -0.497 e. The molecule has 1 aliphatic heterocycles. The zero-order valence-electron chi connectivity index (χ0n) is 18.7. The molecular formula is C26H32N2O3. The van der Waals surface area contributed by atoms with E-state index < -0.39 is 0 Å². The number of methoxy groups -OCH3 is 1. The highest BCUT2D eigenvalue weighted by Gasteiger charge is 2.39. The van der Waals surface area contributed by atoms with E-state index in [1.807, 2.05) is 41.3 Å². The van der Waals surface area contributed by atoms with Crippen LogP contribution in [0, 0.1) is 0 Å². The Labute approximate surface area is 185 Å². The number of fused-ring (bicyclic) bond motifs is 1. The third-order valence-corrected chi connectivity index (χ3v) is 6.76. The lowest BCUT2D eigenvalue weighted by molar-refractivity contribution is -0.135. The molecule has 0 spiro atoms. The van der Waals surface area contributed by atoms with Gasteiger partial charge >= 0.3 is 0 Å². The fourth-order valence-electron chi connectivity index (χ4n) is 5.34. The summed E-state index contributed by atoms with van der Waals surface area (Å²) >= 11 is 0. The number of anilines is 1. The number of para-hydroxylation sites is 1. The summed E-state index contributed by atoms with van der Waals surface area (Å²) in [4.78, 5) is 30.3. The highest BCUT2D eigenvalue weighted by molar-refractivity contribution is 6.07. The van der Waals surface area contributed by atoms with E-state index in [0.717, 1.165) is 30.5 Å². The summed E-state index contributed by atoms with van der Waals surface area (Å²) in [6.45, 7) is 3.77. The van der Waals surface area contributed by atoms with Gasteiger partial charge in [-0.05, 0) is 56.0 Å². The minimum absolute atomic E-state index is 0.00107. The van der Waals surface area contributed by atoms with Gasteiger partial charge in [0.05, 0.1) is 13.2 Å². The third-order valence-electron chi connectivity index (χ3n) is 6.76. The van der Waals surface area contributed by atoms with E-state index in [2.05, 4.69) is 17.9 Å². The van der Waals surface area contributed by atoms with Crippen molar-refractivity contribution in [2.24, 2.45) is 0 Å². The summed E-state index contributed by atoms with van der Waals surface area (Å²) in [5.74, 6) is 0.762. The van der Waals surface area contributed by atoms with Crippen LogP contribution < -0.4 is 9.64 Å². The summed E-state index contributed by atoms with van der Waals surface area (Å²) < 4.78 is 5.32. The van der Waals surface area contributed by atoms with Gasteiger partial charge in [-0.15, -0.1) is 0 Å². The highest BCUT2D eigenvalue weighted by Crippen LogP contribution is 2.43. The van der Waals surface area contributed by atoms with Crippen molar-refractivity contribution in [1.29, 1.82) is 0 Å². The van der Waals surface area contributed by atoms with Crippen LogP contribution in [-0.4, -0.2) is 35.9 Å². The molecular weight excluding hydrogens is 388 g/mol. The molecule has 5 heteroatoms. The third kappa shape index (κ3) is 4.18. The van der Waals surface area contributed by atoms with E-state index >= 15 is 0 Å². The zero-order valence-corrected chi connectivity index (χ0v) is 18.7. The highest BCUT2D eigenvalue weighted by atomic mass is 16.5. The molecule has 164 valence electrons. The van der Waals surface area contributed by atoms with Crippen molar-refractivity contribution in [2.45, 2.75) is 70.5 Å². The molecule has 5 nitrogen and oxygen atoms in total. The van der Waals surface area contributed by atoms with Crippen LogP contribution in [0.4, 0.5) is 5.69 Å². The Morgan fingerprint density at radius 2 is 1.77 bits per heavy atom. The number of hydrogen-bond donors (Lipinski definition) is 0. The van der Waals surface area contributed by atoms with Gasteiger partial charge in [0.2, 0.25) is 5.91 Å². The van der Waals surface area contributed by atoms with Gasteiger partial charge < -0.3 is 14.5 Å².